The summed E-state index contributed by atoms with van der Waals surface area (Å²) < 4.78 is 9.35. The Labute approximate surface area is 94.1 Å². The zero-order valence-corrected chi connectivity index (χ0v) is 9.51. The highest BCUT2D eigenvalue weighted by Crippen LogP contribution is 2.18. The molecule has 0 radical (unpaired) electrons. The van der Waals surface area contributed by atoms with Gasteiger partial charge in [-0.3, -0.25) is 4.79 Å². The summed E-state index contributed by atoms with van der Waals surface area (Å²) in [6.07, 6.45) is 0.140. The zero-order chi connectivity index (χ0) is 12.1. The van der Waals surface area contributed by atoms with Crippen molar-refractivity contribution < 1.29 is 24.2 Å². The van der Waals surface area contributed by atoms with Crippen molar-refractivity contribution in [2.45, 2.75) is 25.0 Å². The maximum Gasteiger partial charge on any atom is 0.328 e. The van der Waals surface area contributed by atoms with E-state index in [9.17, 15) is 14.7 Å². The minimum atomic E-state index is -0.698. The highest BCUT2D eigenvalue weighted by atomic mass is 16.5. The Morgan fingerprint density at radius 1 is 1.44 bits per heavy atom. The fourth-order valence-electron chi connectivity index (χ4n) is 1.81. The summed E-state index contributed by atoms with van der Waals surface area (Å²) in [4.78, 5) is 24.5. The molecule has 6 heteroatoms. The molecule has 6 nitrogen and oxygen atoms in total. The minimum Gasteiger partial charge on any atom is -0.467 e. The van der Waals surface area contributed by atoms with Crippen LogP contribution in [0.4, 0.5) is 0 Å². The first-order valence-electron chi connectivity index (χ1n) is 5.14. The van der Waals surface area contributed by atoms with Crippen molar-refractivity contribution in [2.24, 2.45) is 0 Å². The first-order chi connectivity index (χ1) is 7.60. The lowest BCUT2D eigenvalue weighted by molar-refractivity contribution is -0.158. The molecule has 0 aliphatic carbocycles. The van der Waals surface area contributed by atoms with Gasteiger partial charge in [0, 0.05) is 20.1 Å². The number of rotatable bonds is 3. The topological polar surface area (TPSA) is 76.1 Å². The van der Waals surface area contributed by atoms with Gasteiger partial charge in [-0.15, -0.1) is 0 Å². The summed E-state index contributed by atoms with van der Waals surface area (Å²) in [5.41, 5.74) is 0. The van der Waals surface area contributed by atoms with E-state index in [-0.39, 0.29) is 18.9 Å². The molecule has 0 aromatic carbocycles. The molecule has 1 rings (SSSR count). The highest BCUT2D eigenvalue weighted by molar-refractivity contribution is 5.85. The second-order valence-corrected chi connectivity index (χ2v) is 3.74. The number of carbonyl (C=O) groups is 2. The zero-order valence-electron chi connectivity index (χ0n) is 9.51. The summed E-state index contributed by atoms with van der Waals surface area (Å²) >= 11 is 0. The van der Waals surface area contributed by atoms with E-state index in [2.05, 4.69) is 4.74 Å². The number of piperidine rings is 1. The van der Waals surface area contributed by atoms with Gasteiger partial charge in [-0.25, -0.2) is 4.79 Å². The molecule has 1 heterocycles. The van der Waals surface area contributed by atoms with E-state index in [1.807, 2.05) is 0 Å². The standard InChI is InChI=1S/C10H17NO5/c1-15-6-9(13)11-4-3-7(12)5-8(11)10(14)16-2/h7-8,12H,3-6H2,1-2H3/t7-,8+/m1/s1. The molecule has 0 unspecified atom stereocenters. The molecule has 92 valence electrons. The molecule has 0 aromatic heterocycles. The first-order valence-corrected chi connectivity index (χ1v) is 5.14. The molecule has 1 saturated heterocycles. The summed E-state index contributed by atoms with van der Waals surface area (Å²) in [7, 11) is 2.69. The molecule has 1 aliphatic heterocycles. The van der Waals surface area contributed by atoms with Gasteiger partial charge in [0.25, 0.3) is 0 Å². The molecule has 1 N–H and O–H groups in total. The highest BCUT2D eigenvalue weighted by Gasteiger charge is 2.36. The molecular weight excluding hydrogens is 214 g/mol. The van der Waals surface area contributed by atoms with E-state index in [1.165, 1.54) is 19.1 Å². The monoisotopic (exact) mass is 231 g/mol. The van der Waals surface area contributed by atoms with Crippen molar-refractivity contribution >= 4 is 11.9 Å². The number of likely N-dealkylation sites (tertiary alicyclic amines) is 1. The first kappa shape index (κ1) is 12.9. The van der Waals surface area contributed by atoms with Crippen LogP contribution in [0.2, 0.25) is 0 Å². The Hall–Kier alpha value is -1.14. The Morgan fingerprint density at radius 3 is 2.69 bits per heavy atom. The van der Waals surface area contributed by atoms with E-state index in [1.54, 1.807) is 0 Å². The fraction of sp³-hybridized carbons (Fsp3) is 0.800. The van der Waals surface area contributed by atoms with Crippen molar-refractivity contribution in [3.05, 3.63) is 0 Å². The molecule has 0 aromatic rings. The second kappa shape index (κ2) is 5.81. The molecular formula is C10H17NO5. The molecule has 1 amide bonds. The predicted molar refractivity (Wildman–Crippen MR) is 54.6 cm³/mol. The summed E-state index contributed by atoms with van der Waals surface area (Å²) in [5.74, 6) is -0.756. The Kier molecular flexibility index (Phi) is 4.70. The SMILES string of the molecule is COCC(=O)N1CC[C@@H](O)C[C@H]1C(=O)OC. The average Bonchev–Trinajstić information content (AvgIpc) is 2.28. The Morgan fingerprint density at radius 2 is 2.12 bits per heavy atom. The van der Waals surface area contributed by atoms with E-state index in [4.69, 9.17) is 4.74 Å². The van der Waals surface area contributed by atoms with Gasteiger partial charge < -0.3 is 19.5 Å². The van der Waals surface area contributed by atoms with E-state index in [0.29, 0.717) is 13.0 Å². The van der Waals surface area contributed by atoms with Crippen LogP contribution in [0.3, 0.4) is 0 Å². The lowest BCUT2D eigenvalue weighted by Gasteiger charge is -2.35. The van der Waals surface area contributed by atoms with Crippen molar-refractivity contribution in [1.82, 2.24) is 4.90 Å². The van der Waals surface area contributed by atoms with Gasteiger partial charge in [0.1, 0.15) is 12.6 Å². The number of ether oxygens (including phenoxy) is 2. The van der Waals surface area contributed by atoms with E-state index < -0.39 is 18.1 Å². The average molecular weight is 231 g/mol. The lowest BCUT2D eigenvalue weighted by Crippen LogP contribution is -2.52. The van der Waals surface area contributed by atoms with Gasteiger partial charge in [-0.1, -0.05) is 0 Å². The normalized spacial score (nSPS) is 25.3. The van der Waals surface area contributed by atoms with Crippen molar-refractivity contribution in [3.8, 4) is 0 Å². The Balaban J connectivity index is 2.71. The van der Waals surface area contributed by atoms with Gasteiger partial charge in [0.2, 0.25) is 5.91 Å². The maximum atomic E-state index is 11.6. The van der Waals surface area contributed by atoms with Crippen LogP contribution in [-0.4, -0.2) is 61.4 Å². The van der Waals surface area contributed by atoms with E-state index in [0.717, 1.165) is 0 Å². The number of esters is 1. The predicted octanol–water partition coefficient (Wildman–Crippen LogP) is -0.842. The van der Waals surface area contributed by atoms with Gasteiger partial charge in [-0.2, -0.15) is 0 Å². The van der Waals surface area contributed by atoms with Gasteiger partial charge in [0.15, 0.2) is 0 Å². The molecule has 1 fully saturated rings. The quantitative estimate of drug-likeness (QED) is 0.641. The lowest BCUT2D eigenvalue weighted by atomic mass is 9.99. The molecule has 0 spiro atoms. The van der Waals surface area contributed by atoms with Crippen LogP contribution >= 0.6 is 0 Å². The van der Waals surface area contributed by atoms with Crippen LogP contribution in [0.1, 0.15) is 12.8 Å². The number of aliphatic hydroxyl groups excluding tert-OH is 1. The maximum absolute atomic E-state index is 11.6. The van der Waals surface area contributed by atoms with Crippen LogP contribution in [-0.2, 0) is 19.1 Å². The van der Waals surface area contributed by atoms with Gasteiger partial charge >= 0.3 is 5.97 Å². The van der Waals surface area contributed by atoms with Crippen molar-refractivity contribution in [2.75, 3.05) is 27.4 Å². The number of nitrogens with zero attached hydrogens (tertiary/aromatic N) is 1. The number of carbonyl (C=O) groups excluding carboxylic acids is 2. The van der Waals surface area contributed by atoms with Crippen LogP contribution in [0, 0.1) is 0 Å². The van der Waals surface area contributed by atoms with Crippen LogP contribution in [0.25, 0.3) is 0 Å². The third-order valence-corrected chi connectivity index (χ3v) is 2.64. The fourth-order valence-corrected chi connectivity index (χ4v) is 1.81. The number of hydrogen-bond donors (Lipinski definition) is 1. The van der Waals surface area contributed by atoms with E-state index >= 15 is 0 Å². The molecule has 16 heavy (non-hydrogen) atoms. The number of hydrogen-bond acceptors (Lipinski definition) is 5. The minimum absolute atomic E-state index is 0.0659. The summed E-state index contributed by atoms with van der Waals surface area (Å²) in [6, 6.07) is -0.698. The molecule has 2 atom stereocenters. The van der Waals surface area contributed by atoms with Crippen molar-refractivity contribution in [1.29, 1.82) is 0 Å². The van der Waals surface area contributed by atoms with Crippen LogP contribution in [0.15, 0.2) is 0 Å². The van der Waals surface area contributed by atoms with Crippen molar-refractivity contribution in [3.63, 3.8) is 0 Å². The molecule has 0 bridgehead atoms. The number of aliphatic hydroxyl groups is 1. The van der Waals surface area contributed by atoms with Gasteiger partial charge in [0.05, 0.1) is 13.2 Å². The summed E-state index contributed by atoms with van der Waals surface area (Å²) in [6.45, 7) is 0.284. The summed E-state index contributed by atoms with van der Waals surface area (Å²) in [5, 5.41) is 9.48. The Bertz CT molecular complexity index is 268. The third-order valence-electron chi connectivity index (χ3n) is 2.64. The van der Waals surface area contributed by atoms with Gasteiger partial charge in [-0.05, 0) is 6.42 Å². The number of amides is 1. The largest absolute Gasteiger partial charge is 0.467 e. The third kappa shape index (κ3) is 2.93. The smallest absolute Gasteiger partial charge is 0.328 e. The number of methoxy groups -OCH3 is 2. The van der Waals surface area contributed by atoms with Crippen LogP contribution < -0.4 is 0 Å². The molecule has 0 saturated carbocycles. The second-order valence-electron chi connectivity index (χ2n) is 3.74. The van der Waals surface area contributed by atoms with Crippen LogP contribution in [0.5, 0.6) is 0 Å². The molecule has 1 aliphatic rings.